The van der Waals surface area contributed by atoms with Crippen LogP contribution in [0.4, 0.5) is 5.69 Å². The number of hydrogen-bond acceptors (Lipinski definition) is 5. The van der Waals surface area contributed by atoms with E-state index in [4.69, 9.17) is 10.00 Å². The molecule has 0 bridgehead atoms. The van der Waals surface area contributed by atoms with E-state index >= 15 is 0 Å². The molecule has 6 heteroatoms. The summed E-state index contributed by atoms with van der Waals surface area (Å²) in [6, 6.07) is 12.1. The quantitative estimate of drug-likeness (QED) is 0.831. The maximum Gasteiger partial charge on any atom is 0.342 e. The third-order valence-electron chi connectivity index (χ3n) is 5.39. The van der Waals surface area contributed by atoms with E-state index in [1.54, 1.807) is 41.3 Å². The molecule has 1 atom stereocenters. The van der Waals surface area contributed by atoms with Gasteiger partial charge in [0, 0.05) is 18.7 Å². The van der Waals surface area contributed by atoms with Crippen molar-refractivity contribution >= 4 is 17.6 Å². The topological polar surface area (TPSA) is 90.6 Å². The molecule has 1 saturated heterocycles. The van der Waals surface area contributed by atoms with Crippen LogP contribution < -0.4 is 4.90 Å². The molecule has 1 fully saturated rings. The molecular weight excluding hydrogens is 356 g/mol. The van der Waals surface area contributed by atoms with Gasteiger partial charge in [0.25, 0.3) is 5.91 Å². The van der Waals surface area contributed by atoms with Gasteiger partial charge in [-0.2, -0.15) is 5.26 Å². The number of anilines is 1. The van der Waals surface area contributed by atoms with Crippen LogP contribution in [-0.2, 0) is 22.4 Å². The first-order chi connectivity index (χ1) is 13.6. The molecule has 1 N–H and O–H groups in total. The molecule has 1 aliphatic heterocycles. The third-order valence-corrected chi connectivity index (χ3v) is 5.39. The van der Waals surface area contributed by atoms with Crippen molar-refractivity contribution in [1.82, 2.24) is 0 Å². The average Bonchev–Trinajstić information content (AvgIpc) is 3.07. The summed E-state index contributed by atoms with van der Waals surface area (Å²) in [6.07, 6.45) is 3.43. The molecule has 1 heterocycles. The second-order valence-electron chi connectivity index (χ2n) is 7.18. The van der Waals surface area contributed by atoms with Crippen LogP contribution in [0.3, 0.4) is 0 Å². The number of benzene rings is 2. The van der Waals surface area contributed by atoms with Crippen molar-refractivity contribution in [3.8, 4) is 11.8 Å². The third kappa shape index (κ3) is 3.31. The van der Waals surface area contributed by atoms with Crippen LogP contribution in [0.2, 0.25) is 0 Å². The average molecular weight is 376 g/mol. The van der Waals surface area contributed by atoms with E-state index in [0.29, 0.717) is 24.2 Å². The van der Waals surface area contributed by atoms with Crippen molar-refractivity contribution in [3.05, 3.63) is 58.7 Å². The van der Waals surface area contributed by atoms with Gasteiger partial charge in [0.1, 0.15) is 11.3 Å². The molecular formula is C22H20N2O4. The van der Waals surface area contributed by atoms with Crippen molar-refractivity contribution in [2.45, 2.75) is 38.2 Å². The van der Waals surface area contributed by atoms with E-state index in [-0.39, 0.29) is 17.2 Å². The molecule has 1 amide bonds. The Labute approximate surface area is 163 Å². The Morgan fingerprint density at radius 2 is 1.82 bits per heavy atom. The zero-order chi connectivity index (χ0) is 19.7. The lowest BCUT2D eigenvalue weighted by atomic mass is 9.90. The Bertz CT molecular complexity index is 975. The molecule has 6 nitrogen and oxygen atoms in total. The second-order valence-corrected chi connectivity index (χ2v) is 7.18. The summed E-state index contributed by atoms with van der Waals surface area (Å²) in [5, 5.41) is 19.1. The normalized spacial score (nSPS) is 18.5. The van der Waals surface area contributed by atoms with Gasteiger partial charge >= 0.3 is 5.97 Å². The second kappa shape index (κ2) is 7.35. The first kappa shape index (κ1) is 18.1. The number of ether oxygens (including phenoxy) is 1. The lowest BCUT2D eigenvalue weighted by Gasteiger charge is -2.19. The van der Waals surface area contributed by atoms with Gasteiger partial charge in [-0.15, -0.1) is 0 Å². The van der Waals surface area contributed by atoms with Gasteiger partial charge in [-0.05, 0) is 73.2 Å². The summed E-state index contributed by atoms with van der Waals surface area (Å²) < 4.78 is 5.44. The Kier molecular flexibility index (Phi) is 4.74. The summed E-state index contributed by atoms with van der Waals surface area (Å²) in [6.45, 7) is 0.429. The molecule has 0 spiro atoms. The van der Waals surface area contributed by atoms with Crippen LogP contribution in [0.15, 0.2) is 36.4 Å². The monoisotopic (exact) mass is 376 g/mol. The van der Waals surface area contributed by atoms with Crippen LogP contribution in [-0.4, -0.2) is 29.6 Å². The largest absolute Gasteiger partial charge is 0.507 e. The van der Waals surface area contributed by atoms with E-state index in [9.17, 15) is 14.7 Å². The van der Waals surface area contributed by atoms with Crippen molar-refractivity contribution < 1.29 is 19.4 Å². The molecule has 1 aliphatic carbocycles. The lowest BCUT2D eigenvalue weighted by molar-refractivity contribution is -0.124. The van der Waals surface area contributed by atoms with E-state index in [1.807, 2.05) is 6.07 Å². The van der Waals surface area contributed by atoms with E-state index in [0.717, 1.165) is 36.8 Å². The molecule has 0 unspecified atom stereocenters. The number of phenols is 1. The Morgan fingerprint density at radius 3 is 2.50 bits per heavy atom. The molecule has 4 rings (SSSR count). The highest BCUT2D eigenvalue weighted by Crippen LogP contribution is 2.30. The van der Waals surface area contributed by atoms with Crippen molar-refractivity contribution in [2.24, 2.45) is 0 Å². The SMILES string of the molecule is N#Cc1ccc(N2CC[C@H](OC(=O)c3cc4c(cc3O)CCCC4)C2=O)cc1. The number of aromatic hydroxyl groups is 1. The molecule has 142 valence electrons. The predicted molar refractivity (Wildman–Crippen MR) is 102 cm³/mol. The molecule has 28 heavy (non-hydrogen) atoms. The van der Waals surface area contributed by atoms with E-state index < -0.39 is 12.1 Å². The zero-order valence-corrected chi connectivity index (χ0v) is 15.4. The van der Waals surface area contributed by atoms with Gasteiger partial charge in [0.05, 0.1) is 11.6 Å². The van der Waals surface area contributed by atoms with Crippen LogP contribution >= 0.6 is 0 Å². The summed E-state index contributed by atoms with van der Waals surface area (Å²) in [5.41, 5.74) is 3.43. The zero-order valence-electron chi connectivity index (χ0n) is 15.4. The molecule has 2 aliphatic rings. The molecule has 0 aromatic heterocycles. The minimum Gasteiger partial charge on any atom is -0.507 e. The van der Waals surface area contributed by atoms with Gasteiger partial charge < -0.3 is 14.7 Å². The van der Waals surface area contributed by atoms with Crippen LogP contribution in [0, 0.1) is 11.3 Å². The van der Waals surface area contributed by atoms with Gasteiger partial charge in [-0.3, -0.25) is 4.79 Å². The summed E-state index contributed by atoms with van der Waals surface area (Å²) >= 11 is 0. The number of fused-ring (bicyclic) bond motifs is 1. The molecule has 2 aromatic rings. The maximum absolute atomic E-state index is 12.7. The maximum atomic E-state index is 12.7. The van der Waals surface area contributed by atoms with Crippen LogP contribution in [0.1, 0.15) is 46.3 Å². The summed E-state index contributed by atoms with van der Waals surface area (Å²) in [7, 11) is 0. The fourth-order valence-corrected chi connectivity index (χ4v) is 3.86. The van der Waals surface area contributed by atoms with Gasteiger partial charge in [-0.1, -0.05) is 0 Å². The molecule has 0 radical (unpaired) electrons. The highest BCUT2D eigenvalue weighted by Gasteiger charge is 2.36. The van der Waals surface area contributed by atoms with Crippen LogP contribution in [0.5, 0.6) is 5.75 Å². The summed E-state index contributed by atoms with van der Waals surface area (Å²) in [5.74, 6) is -1.07. The number of nitriles is 1. The van der Waals surface area contributed by atoms with Gasteiger partial charge in [0.15, 0.2) is 6.10 Å². The number of carbonyl (C=O) groups excluding carboxylic acids is 2. The predicted octanol–water partition coefficient (Wildman–Crippen LogP) is 3.10. The first-order valence-electron chi connectivity index (χ1n) is 9.44. The van der Waals surface area contributed by atoms with Crippen molar-refractivity contribution in [3.63, 3.8) is 0 Å². The number of carbonyl (C=O) groups is 2. The Morgan fingerprint density at radius 1 is 1.14 bits per heavy atom. The number of aryl methyl sites for hydroxylation is 2. The van der Waals surface area contributed by atoms with E-state index in [2.05, 4.69) is 0 Å². The van der Waals surface area contributed by atoms with Gasteiger partial charge in [0.2, 0.25) is 0 Å². The number of rotatable bonds is 3. The van der Waals surface area contributed by atoms with Gasteiger partial charge in [-0.25, -0.2) is 4.79 Å². The highest BCUT2D eigenvalue weighted by molar-refractivity contribution is 6.01. The summed E-state index contributed by atoms with van der Waals surface area (Å²) in [4.78, 5) is 26.8. The van der Waals surface area contributed by atoms with Crippen molar-refractivity contribution in [1.29, 1.82) is 5.26 Å². The smallest absolute Gasteiger partial charge is 0.342 e. The fourth-order valence-electron chi connectivity index (χ4n) is 3.86. The van der Waals surface area contributed by atoms with E-state index in [1.165, 1.54) is 0 Å². The van der Waals surface area contributed by atoms with Crippen LogP contribution in [0.25, 0.3) is 0 Å². The Balaban J connectivity index is 1.48. The minimum atomic E-state index is -0.876. The lowest BCUT2D eigenvalue weighted by Crippen LogP contribution is -2.32. The Hall–Kier alpha value is -3.33. The number of nitrogens with zero attached hydrogens (tertiary/aromatic N) is 2. The molecule has 0 saturated carbocycles. The number of phenolic OH excluding ortho intramolecular Hbond substituents is 1. The minimum absolute atomic E-state index is 0.0972. The first-order valence-corrected chi connectivity index (χ1v) is 9.44. The van der Waals surface area contributed by atoms with Crippen molar-refractivity contribution in [2.75, 3.05) is 11.4 Å². The fraction of sp³-hybridized carbons (Fsp3) is 0.318. The molecule has 2 aromatic carbocycles. The number of hydrogen-bond donors (Lipinski definition) is 1. The standard InChI is InChI=1S/C22H20N2O4/c23-13-14-5-7-17(8-6-14)24-10-9-20(21(24)26)28-22(27)18-11-15-3-1-2-4-16(15)12-19(18)25/h5-8,11-12,20,25H,1-4,9-10H2/t20-/m0/s1. The number of esters is 1. The highest BCUT2D eigenvalue weighted by atomic mass is 16.5. The number of amides is 1.